The minimum Gasteiger partial charge on any atom is -0.399 e. The van der Waals surface area contributed by atoms with Crippen molar-refractivity contribution in [1.29, 1.82) is 0 Å². The van der Waals surface area contributed by atoms with Crippen molar-refractivity contribution < 1.29 is 22.7 Å². The topological polar surface area (TPSA) is 29.5 Å². The first kappa shape index (κ1) is 33.5. The van der Waals surface area contributed by atoms with Crippen LogP contribution < -0.4 is 5.19 Å². The van der Waals surface area contributed by atoms with Crippen LogP contribution in [0.3, 0.4) is 0 Å². The first-order valence-electron chi connectivity index (χ1n) is 17.5. The van der Waals surface area contributed by atoms with Crippen LogP contribution in [0, 0.1) is 46.3 Å². The molecular weight excluding hydrogens is 561 g/mol. The third-order valence-corrected chi connectivity index (χ3v) is 16.9. The fourth-order valence-corrected chi connectivity index (χ4v) is 13.7. The highest BCUT2D eigenvalue weighted by molar-refractivity contribution is 6.84. The molecule has 4 fully saturated rings. The Kier molecular flexibility index (Phi) is 9.15. The lowest BCUT2D eigenvalue weighted by Gasteiger charge is -2.59. The van der Waals surface area contributed by atoms with Crippen LogP contribution in [0.15, 0.2) is 30.3 Å². The summed E-state index contributed by atoms with van der Waals surface area (Å²) >= 11 is 0. The normalized spacial score (nSPS) is 40.5. The van der Waals surface area contributed by atoms with E-state index in [-0.39, 0.29) is 17.8 Å². The van der Waals surface area contributed by atoms with E-state index >= 15 is 0 Å². The van der Waals surface area contributed by atoms with Crippen LogP contribution in [-0.4, -0.2) is 30.8 Å². The van der Waals surface area contributed by atoms with Crippen molar-refractivity contribution in [1.82, 2.24) is 0 Å². The van der Waals surface area contributed by atoms with Crippen molar-refractivity contribution in [2.24, 2.45) is 46.3 Å². The number of hydrogen-bond donors (Lipinski definition) is 1. The van der Waals surface area contributed by atoms with E-state index in [0.29, 0.717) is 23.7 Å². The molecule has 4 saturated carbocycles. The molecule has 0 aromatic heterocycles. The molecule has 1 aromatic rings. The highest BCUT2D eigenvalue weighted by Crippen LogP contribution is 2.68. The fraction of sp³-hybridized carbons (Fsp3) is 0.838. The maximum absolute atomic E-state index is 14.7. The van der Waals surface area contributed by atoms with Crippen molar-refractivity contribution in [3.63, 3.8) is 0 Å². The number of fused-ring (bicyclic) bond motifs is 5. The molecule has 0 unspecified atom stereocenters. The Labute approximate surface area is 261 Å². The van der Waals surface area contributed by atoms with Crippen LogP contribution in [0.1, 0.15) is 118 Å². The van der Waals surface area contributed by atoms with Gasteiger partial charge in [0.2, 0.25) is 8.32 Å². The maximum atomic E-state index is 14.7. The summed E-state index contributed by atoms with van der Waals surface area (Å²) in [5.41, 5.74) is -2.10. The second-order valence-electron chi connectivity index (χ2n) is 16.7. The predicted molar refractivity (Wildman–Crippen MR) is 173 cm³/mol. The Morgan fingerprint density at radius 3 is 2.23 bits per heavy atom. The summed E-state index contributed by atoms with van der Waals surface area (Å²) < 4.78 is 50.2. The van der Waals surface area contributed by atoms with Gasteiger partial charge in [0.1, 0.15) is 5.60 Å². The summed E-state index contributed by atoms with van der Waals surface area (Å²) in [5.74, 6) is 3.57. The second-order valence-corrected chi connectivity index (χ2v) is 20.5. The fourth-order valence-electron chi connectivity index (χ4n) is 11.2. The third kappa shape index (κ3) is 6.04. The Bertz CT molecular complexity index is 1110. The molecule has 0 radical (unpaired) electrons. The lowest BCUT2D eigenvalue weighted by atomic mass is 9.46. The zero-order valence-corrected chi connectivity index (χ0v) is 29.0. The summed E-state index contributed by atoms with van der Waals surface area (Å²) in [6.07, 6.45) is 8.62. The zero-order chi connectivity index (χ0) is 31.5. The zero-order valence-electron chi connectivity index (χ0n) is 28.0. The number of benzene rings is 1. The number of halogens is 3. The first-order chi connectivity index (χ1) is 20.0. The van der Waals surface area contributed by atoms with E-state index in [9.17, 15) is 18.3 Å². The Hall–Kier alpha value is -0.853. The van der Waals surface area contributed by atoms with E-state index in [0.717, 1.165) is 61.5 Å². The van der Waals surface area contributed by atoms with Crippen molar-refractivity contribution in [3.8, 4) is 0 Å². The van der Waals surface area contributed by atoms with Gasteiger partial charge in [-0.3, -0.25) is 0 Å². The van der Waals surface area contributed by atoms with Gasteiger partial charge in [0.15, 0.2) is 0 Å². The molecule has 0 spiro atoms. The van der Waals surface area contributed by atoms with E-state index in [1.165, 1.54) is 39.0 Å². The number of hydrogen-bond acceptors (Lipinski definition) is 2. The van der Waals surface area contributed by atoms with Gasteiger partial charge in [-0.05, 0) is 155 Å². The number of rotatable bonds is 8. The molecule has 1 N–H and O–H groups in total. The minimum absolute atomic E-state index is 0.0182. The van der Waals surface area contributed by atoms with E-state index in [1.54, 1.807) is 0 Å². The molecule has 1 aromatic carbocycles. The SMILES string of the molecule is CC[C@@]1(O)CC[C@@H]2CC[C@@H]3[C@H](CC[C@]4(C)[C@@H]([C@H](C)CC[C@](C)(O[Si](C)(C)c5ccccc5)C(F)(F)F)CC[C@@H]34)[C@@]2(C)CC1. The van der Waals surface area contributed by atoms with Crippen LogP contribution in [-0.2, 0) is 4.43 Å². The molecule has 0 heterocycles. The Morgan fingerprint density at radius 1 is 0.907 bits per heavy atom. The molecule has 10 atom stereocenters. The molecular formula is C37H59F3O2Si. The standard InChI is InChI=1S/C37H59F3O2Si/c1-8-36(41)23-19-27-14-15-29-31-17-16-30(34(31,4)21-20-32(29)33(27,3)24-25-36)26(2)18-22-35(5,37(38,39)40)42-43(6,7)28-12-10-9-11-13-28/h9-13,26-27,29-32,41H,8,14-25H2,1-7H3/t26-,27+,29+,30-,31+,32+,33+,34-,35+,36-/m1/s1. The van der Waals surface area contributed by atoms with Gasteiger partial charge in [0.25, 0.3) is 0 Å². The maximum Gasteiger partial charge on any atom is 0.416 e. The summed E-state index contributed by atoms with van der Waals surface area (Å²) in [6, 6.07) is 9.50. The molecule has 2 nitrogen and oxygen atoms in total. The Morgan fingerprint density at radius 2 is 1.58 bits per heavy atom. The summed E-state index contributed by atoms with van der Waals surface area (Å²) in [5, 5.41) is 12.1. The molecule has 4 aliphatic carbocycles. The van der Waals surface area contributed by atoms with Gasteiger partial charge in [-0.25, -0.2) is 0 Å². The predicted octanol–water partition coefficient (Wildman–Crippen LogP) is 10.0. The van der Waals surface area contributed by atoms with E-state index in [1.807, 2.05) is 43.4 Å². The quantitative estimate of drug-likeness (QED) is 0.293. The first-order valence-corrected chi connectivity index (χ1v) is 20.4. The smallest absolute Gasteiger partial charge is 0.399 e. The summed E-state index contributed by atoms with van der Waals surface area (Å²) in [4.78, 5) is 0. The van der Waals surface area contributed by atoms with Crippen LogP contribution in [0.2, 0.25) is 13.1 Å². The molecule has 0 aliphatic heterocycles. The number of aliphatic hydroxyl groups is 1. The third-order valence-electron chi connectivity index (χ3n) is 14.2. The monoisotopic (exact) mass is 620 g/mol. The Balaban J connectivity index is 1.28. The molecule has 5 rings (SSSR count). The van der Waals surface area contributed by atoms with Crippen LogP contribution in [0.4, 0.5) is 13.2 Å². The van der Waals surface area contributed by atoms with Crippen molar-refractivity contribution in [3.05, 3.63) is 30.3 Å². The van der Waals surface area contributed by atoms with Crippen molar-refractivity contribution in [2.45, 2.75) is 149 Å². The summed E-state index contributed by atoms with van der Waals surface area (Å²) in [7, 11) is -2.76. The highest BCUT2D eigenvalue weighted by Gasteiger charge is 2.61. The van der Waals surface area contributed by atoms with Crippen molar-refractivity contribution >= 4 is 13.5 Å². The van der Waals surface area contributed by atoms with Crippen LogP contribution in [0.5, 0.6) is 0 Å². The second kappa shape index (κ2) is 11.7. The van der Waals surface area contributed by atoms with Crippen molar-refractivity contribution in [2.75, 3.05) is 0 Å². The molecule has 0 amide bonds. The van der Waals surface area contributed by atoms with Gasteiger partial charge in [-0.15, -0.1) is 0 Å². The van der Waals surface area contributed by atoms with Crippen LogP contribution >= 0.6 is 0 Å². The largest absolute Gasteiger partial charge is 0.416 e. The van der Waals surface area contributed by atoms with E-state index < -0.39 is 25.7 Å². The molecule has 6 heteroatoms. The molecule has 0 bridgehead atoms. The number of alkyl halides is 3. The lowest BCUT2D eigenvalue weighted by Crippen LogP contribution is -2.57. The van der Waals surface area contributed by atoms with Crippen LogP contribution in [0.25, 0.3) is 0 Å². The average Bonchev–Trinajstić information content (AvgIpc) is 3.24. The van der Waals surface area contributed by atoms with E-state index in [4.69, 9.17) is 4.43 Å². The molecule has 43 heavy (non-hydrogen) atoms. The lowest BCUT2D eigenvalue weighted by molar-refractivity contribution is -0.248. The van der Waals surface area contributed by atoms with Gasteiger partial charge in [-0.2, -0.15) is 13.2 Å². The van der Waals surface area contributed by atoms with Gasteiger partial charge in [0, 0.05) is 0 Å². The summed E-state index contributed by atoms with van der Waals surface area (Å²) in [6.45, 7) is 14.5. The minimum atomic E-state index is -4.41. The molecule has 244 valence electrons. The molecule has 4 aliphatic rings. The highest BCUT2D eigenvalue weighted by atomic mass is 28.4. The van der Waals surface area contributed by atoms with Gasteiger partial charge in [0.05, 0.1) is 5.60 Å². The van der Waals surface area contributed by atoms with Gasteiger partial charge >= 0.3 is 6.18 Å². The molecule has 0 saturated heterocycles. The van der Waals surface area contributed by atoms with E-state index in [2.05, 4.69) is 27.7 Å². The average molecular weight is 621 g/mol. The van der Waals surface area contributed by atoms with Gasteiger partial charge < -0.3 is 9.53 Å². The van der Waals surface area contributed by atoms with Gasteiger partial charge in [-0.1, -0.05) is 58.0 Å².